The van der Waals surface area contributed by atoms with Crippen molar-refractivity contribution in [1.82, 2.24) is 10.2 Å². The van der Waals surface area contributed by atoms with Gasteiger partial charge in [-0.3, -0.25) is 4.79 Å². The van der Waals surface area contributed by atoms with Gasteiger partial charge >= 0.3 is 0 Å². The number of nitrogens with one attached hydrogen (secondary N) is 1. The summed E-state index contributed by atoms with van der Waals surface area (Å²) >= 11 is 0. The first kappa shape index (κ1) is 17.9. The molecule has 0 aromatic heterocycles. The topological polar surface area (TPSA) is 41.6 Å². The van der Waals surface area contributed by atoms with E-state index >= 15 is 0 Å². The molecule has 0 saturated heterocycles. The van der Waals surface area contributed by atoms with Crippen LogP contribution >= 0.6 is 0 Å². The highest BCUT2D eigenvalue weighted by molar-refractivity contribution is 5.94. The molecule has 2 aromatic rings. The molecular formula is C18H20F2N2O2. The Morgan fingerprint density at radius 2 is 1.92 bits per heavy atom. The van der Waals surface area contributed by atoms with Gasteiger partial charge in [0.1, 0.15) is 17.4 Å². The van der Waals surface area contributed by atoms with E-state index in [1.807, 2.05) is 43.3 Å². The van der Waals surface area contributed by atoms with Crippen LogP contribution in [0, 0.1) is 11.6 Å². The van der Waals surface area contributed by atoms with Crippen LogP contribution in [0.3, 0.4) is 0 Å². The van der Waals surface area contributed by atoms with Gasteiger partial charge in [-0.25, -0.2) is 8.78 Å². The molecule has 2 aromatic carbocycles. The minimum atomic E-state index is -0.757. The summed E-state index contributed by atoms with van der Waals surface area (Å²) in [5, 5.41) is 2.66. The Morgan fingerprint density at radius 3 is 2.58 bits per heavy atom. The fraction of sp³-hybridized carbons (Fsp3) is 0.278. The lowest BCUT2D eigenvalue weighted by Gasteiger charge is -2.26. The number of hydrogen-bond donors (Lipinski definition) is 1. The van der Waals surface area contributed by atoms with Crippen molar-refractivity contribution in [2.75, 3.05) is 27.7 Å². The van der Waals surface area contributed by atoms with Crippen LogP contribution in [0.5, 0.6) is 5.75 Å². The molecule has 1 N–H and O–H groups in total. The summed E-state index contributed by atoms with van der Waals surface area (Å²) in [7, 11) is 5.31. The molecule has 1 atom stereocenters. The van der Waals surface area contributed by atoms with E-state index in [9.17, 15) is 13.6 Å². The van der Waals surface area contributed by atoms with Crippen molar-refractivity contribution < 1.29 is 18.3 Å². The number of para-hydroxylation sites is 1. The summed E-state index contributed by atoms with van der Waals surface area (Å²) in [6.45, 7) is 0.224. The minimum absolute atomic E-state index is 0.179. The Hall–Kier alpha value is -2.47. The molecule has 128 valence electrons. The lowest BCUT2D eigenvalue weighted by atomic mass is 10.0. The summed E-state index contributed by atoms with van der Waals surface area (Å²) in [6.07, 6.45) is 0. The Morgan fingerprint density at radius 1 is 1.21 bits per heavy atom. The van der Waals surface area contributed by atoms with Crippen LogP contribution in [-0.2, 0) is 0 Å². The van der Waals surface area contributed by atoms with Crippen LogP contribution in [0.4, 0.5) is 8.78 Å². The number of benzene rings is 2. The molecular weight excluding hydrogens is 314 g/mol. The van der Waals surface area contributed by atoms with Crippen LogP contribution < -0.4 is 10.1 Å². The molecule has 0 aliphatic heterocycles. The number of methoxy groups -OCH3 is 1. The number of nitrogens with zero attached hydrogens (tertiary/aromatic N) is 1. The van der Waals surface area contributed by atoms with Crippen molar-refractivity contribution in [2.45, 2.75) is 6.04 Å². The van der Waals surface area contributed by atoms with Crippen LogP contribution in [0.1, 0.15) is 22.0 Å². The monoisotopic (exact) mass is 334 g/mol. The maximum absolute atomic E-state index is 13.7. The van der Waals surface area contributed by atoms with E-state index in [-0.39, 0.29) is 18.2 Å². The average Bonchev–Trinajstić information content (AvgIpc) is 2.57. The zero-order valence-corrected chi connectivity index (χ0v) is 13.8. The molecule has 1 unspecified atom stereocenters. The second-order valence-electron chi connectivity index (χ2n) is 5.56. The van der Waals surface area contributed by atoms with Crippen molar-refractivity contribution in [1.29, 1.82) is 0 Å². The number of ether oxygens (including phenoxy) is 1. The molecule has 0 saturated carbocycles. The SMILES string of the molecule is COc1ccccc1C(CNC(=O)c1cc(F)ccc1F)N(C)C. The number of carbonyl (C=O) groups excluding carboxylic acids is 1. The first-order chi connectivity index (χ1) is 11.4. The minimum Gasteiger partial charge on any atom is -0.496 e. The predicted octanol–water partition coefficient (Wildman–Crippen LogP) is 3.01. The quantitative estimate of drug-likeness (QED) is 0.883. The Bertz CT molecular complexity index is 720. The second-order valence-corrected chi connectivity index (χ2v) is 5.56. The smallest absolute Gasteiger partial charge is 0.254 e. The lowest BCUT2D eigenvalue weighted by molar-refractivity contribution is 0.0937. The summed E-state index contributed by atoms with van der Waals surface area (Å²) in [4.78, 5) is 14.1. The first-order valence-corrected chi connectivity index (χ1v) is 7.46. The normalized spacial score (nSPS) is 12.1. The van der Waals surface area contributed by atoms with E-state index in [4.69, 9.17) is 4.74 Å². The fourth-order valence-electron chi connectivity index (χ4n) is 2.47. The van der Waals surface area contributed by atoms with Crippen molar-refractivity contribution >= 4 is 5.91 Å². The third kappa shape index (κ3) is 4.08. The molecule has 4 nitrogen and oxygen atoms in total. The third-order valence-electron chi connectivity index (χ3n) is 3.75. The molecule has 0 radical (unpaired) electrons. The lowest BCUT2D eigenvalue weighted by Crippen LogP contribution is -2.35. The van der Waals surface area contributed by atoms with Gasteiger partial charge in [-0.05, 0) is 38.4 Å². The molecule has 1 amide bonds. The van der Waals surface area contributed by atoms with Gasteiger partial charge in [0.05, 0.1) is 18.7 Å². The molecule has 0 bridgehead atoms. The van der Waals surface area contributed by atoms with Crippen molar-refractivity contribution in [3.05, 3.63) is 65.2 Å². The van der Waals surface area contributed by atoms with Crippen molar-refractivity contribution in [3.8, 4) is 5.75 Å². The highest BCUT2D eigenvalue weighted by Gasteiger charge is 2.20. The van der Waals surface area contributed by atoms with E-state index in [0.29, 0.717) is 5.75 Å². The van der Waals surface area contributed by atoms with E-state index in [1.165, 1.54) is 0 Å². The van der Waals surface area contributed by atoms with Gasteiger partial charge in [-0.2, -0.15) is 0 Å². The number of likely N-dealkylation sites (N-methyl/N-ethyl adjacent to an activating group) is 1. The molecule has 0 spiro atoms. The van der Waals surface area contributed by atoms with Crippen LogP contribution in [0.25, 0.3) is 0 Å². The highest BCUT2D eigenvalue weighted by Crippen LogP contribution is 2.27. The number of amides is 1. The summed E-state index contributed by atoms with van der Waals surface area (Å²) < 4.78 is 32.3. The molecule has 0 fully saturated rings. The Kier molecular flexibility index (Phi) is 5.87. The van der Waals surface area contributed by atoms with Gasteiger partial charge < -0.3 is 15.0 Å². The third-order valence-corrected chi connectivity index (χ3v) is 3.75. The molecule has 0 aliphatic carbocycles. The first-order valence-electron chi connectivity index (χ1n) is 7.46. The van der Waals surface area contributed by atoms with Gasteiger partial charge in [0, 0.05) is 12.1 Å². The van der Waals surface area contributed by atoms with Crippen LogP contribution in [0.2, 0.25) is 0 Å². The molecule has 0 aliphatic rings. The van der Waals surface area contributed by atoms with E-state index in [0.717, 1.165) is 23.8 Å². The standard InChI is InChI=1S/C18H20F2N2O2/c1-22(2)16(13-6-4-5-7-17(13)24-3)11-21-18(23)14-10-12(19)8-9-15(14)20/h4-10,16H,11H2,1-3H3,(H,21,23). The number of rotatable bonds is 6. The zero-order valence-electron chi connectivity index (χ0n) is 13.8. The average molecular weight is 334 g/mol. The van der Waals surface area contributed by atoms with Gasteiger partial charge in [0.2, 0.25) is 0 Å². The molecule has 0 heterocycles. The summed E-state index contributed by atoms with van der Waals surface area (Å²) in [5.41, 5.74) is 0.581. The molecule has 24 heavy (non-hydrogen) atoms. The van der Waals surface area contributed by atoms with E-state index in [1.54, 1.807) is 7.11 Å². The number of carbonyl (C=O) groups is 1. The van der Waals surface area contributed by atoms with E-state index in [2.05, 4.69) is 5.32 Å². The number of halogens is 2. The van der Waals surface area contributed by atoms with Crippen molar-refractivity contribution in [3.63, 3.8) is 0 Å². The van der Waals surface area contributed by atoms with Gasteiger partial charge in [0.25, 0.3) is 5.91 Å². The fourth-order valence-corrected chi connectivity index (χ4v) is 2.47. The van der Waals surface area contributed by atoms with Crippen LogP contribution in [-0.4, -0.2) is 38.6 Å². The van der Waals surface area contributed by atoms with Crippen molar-refractivity contribution in [2.24, 2.45) is 0 Å². The predicted molar refractivity (Wildman–Crippen MR) is 88.1 cm³/mol. The summed E-state index contributed by atoms with van der Waals surface area (Å²) in [5.74, 6) is -1.38. The largest absolute Gasteiger partial charge is 0.496 e. The van der Waals surface area contributed by atoms with Gasteiger partial charge in [-0.15, -0.1) is 0 Å². The Balaban J connectivity index is 2.17. The molecule has 2 rings (SSSR count). The second kappa shape index (κ2) is 7.88. The van der Waals surface area contributed by atoms with Gasteiger partial charge in [-0.1, -0.05) is 18.2 Å². The van der Waals surface area contributed by atoms with Gasteiger partial charge in [0.15, 0.2) is 0 Å². The maximum atomic E-state index is 13.7. The zero-order chi connectivity index (χ0) is 17.7. The Labute approximate surface area is 140 Å². The van der Waals surface area contributed by atoms with Crippen LogP contribution in [0.15, 0.2) is 42.5 Å². The number of hydrogen-bond acceptors (Lipinski definition) is 3. The molecule has 6 heteroatoms. The summed E-state index contributed by atoms with van der Waals surface area (Å²) in [6, 6.07) is 10.1. The van der Waals surface area contributed by atoms with E-state index < -0.39 is 17.5 Å². The highest BCUT2D eigenvalue weighted by atomic mass is 19.1. The maximum Gasteiger partial charge on any atom is 0.254 e.